The normalized spacial score (nSPS) is 14.7. The Kier molecular flexibility index (Phi) is 9.33. The largest absolute Gasteiger partial charge is 0.369 e. The van der Waals surface area contributed by atoms with Crippen molar-refractivity contribution < 1.29 is 18.8 Å². The van der Waals surface area contributed by atoms with Crippen LogP contribution in [0.1, 0.15) is 41.0 Å². The molecule has 4 rings (SSSR count). The first kappa shape index (κ1) is 29.7. The maximum Gasteiger partial charge on any atom is 0.273 e. The molecule has 1 aliphatic heterocycles. The molecule has 0 bridgehead atoms. The highest BCUT2D eigenvalue weighted by Gasteiger charge is 2.28. The van der Waals surface area contributed by atoms with Gasteiger partial charge in [0.25, 0.3) is 5.91 Å². The summed E-state index contributed by atoms with van der Waals surface area (Å²) in [7, 11) is 4.68. The maximum atomic E-state index is 13.8. The van der Waals surface area contributed by atoms with E-state index in [0.29, 0.717) is 18.8 Å². The SMILES string of the molecule is Cc1cc(F)cc(CN2CCCN(c3ccc(NC(=O)C(C)n4cnc(N(C)C=O)c4C(=O)N(C)C)nc3)CC2)c1. The van der Waals surface area contributed by atoms with Crippen molar-refractivity contribution in [1.29, 1.82) is 0 Å². The number of nitrogens with zero attached hydrogens (tertiary/aromatic N) is 7. The van der Waals surface area contributed by atoms with Gasteiger partial charge in [-0.3, -0.25) is 19.3 Å². The van der Waals surface area contributed by atoms with Crippen LogP contribution in [-0.4, -0.2) is 89.9 Å². The monoisotopic (exact) mass is 564 g/mol. The van der Waals surface area contributed by atoms with E-state index >= 15 is 0 Å². The van der Waals surface area contributed by atoms with Crippen molar-refractivity contribution in [2.75, 3.05) is 62.4 Å². The van der Waals surface area contributed by atoms with Crippen molar-refractivity contribution in [1.82, 2.24) is 24.3 Å². The Morgan fingerprint density at radius 2 is 1.88 bits per heavy atom. The van der Waals surface area contributed by atoms with Crippen LogP contribution in [0.4, 0.5) is 21.7 Å². The van der Waals surface area contributed by atoms with Crippen molar-refractivity contribution >= 4 is 35.5 Å². The van der Waals surface area contributed by atoms with E-state index in [0.717, 1.165) is 49.4 Å². The minimum atomic E-state index is -0.796. The molecular formula is C29H37FN8O3. The van der Waals surface area contributed by atoms with Gasteiger partial charge in [0.2, 0.25) is 12.3 Å². The van der Waals surface area contributed by atoms with Crippen LogP contribution in [0, 0.1) is 12.7 Å². The van der Waals surface area contributed by atoms with Gasteiger partial charge in [-0.1, -0.05) is 6.07 Å². The molecule has 0 radical (unpaired) electrons. The van der Waals surface area contributed by atoms with Crippen LogP contribution in [0.15, 0.2) is 42.9 Å². The molecule has 11 nitrogen and oxygen atoms in total. The molecule has 3 aromatic rings. The van der Waals surface area contributed by atoms with Gasteiger partial charge in [-0.25, -0.2) is 14.4 Å². The van der Waals surface area contributed by atoms with Crippen LogP contribution < -0.4 is 15.1 Å². The third-order valence-corrected chi connectivity index (χ3v) is 7.13. The zero-order valence-electron chi connectivity index (χ0n) is 24.2. The van der Waals surface area contributed by atoms with Crippen LogP contribution in [-0.2, 0) is 16.1 Å². The summed E-state index contributed by atoms with van der Waals surface area (Å²) < 4.78 is 15.3. The fourth-order valence-electron chi connectivity index (χ4n) is 4.92. The topological polar surface area (TPSA) is 107 Å². The number of carbonyl (C=O) groups is 3. The molecule has 1 saturated heterocycles. The summed E-state index contributed by atoms with van der Waals surface area (Å²) in [6.07, 6.45) is 4.64. The van der Waals surface area contributed by atoms with Gasteiger partial charge in [-0.05, 0) is 55.7 Å². The number of halogens is 1. The van der Waals surface area contributed by atoms with E-state index in [1.54, 1.807) is 45.4 Å². The molecule has 1 fully saturated rings. The van der Waals surface area contributed by atoms with Gasteiger partial charge in [0.15, 0.2) is 11.5 Å². The lowest BCUT2D eigenvalue weighted by Gasteiger charge is -2.24. The van der Waals surface area contributed by atoms with Crippen molar-refractivity contribution in [3.8, 4) is 0 Å². The molecule has 218 valence electrons. The average Bonchev–Trinajstić information content (AvgIpc) is 3.25. The zero-order valence-corrected chi connectivity index (χ0v) is 24.2. The third-order valence-electron chi connectivity index (χ3n) is 7.13. The Bertz CT molecular complexity index is 1370. The van der Waals surface area contributed by atoms with Gasteiger partial charge >= 0.3 is 0 Å². The third kappa shape index (κ3) is 7.07. The number of rotatable bonds is 9. The molecule has 0 spiro atoms. The van der Waals surface area contributed by atoms with Gasteiger partial charge in [-0.2, -0.15) is 0 Å². The van der Waals surface area contributed by atoms with Crippen molar-refractivity contribution in [2.45, 2.75) is 32.9 Å². The minimum Gasteiger partial charge on any atom is -0.369 e. The van der Waals surface area contributed by atoms with E-state index < -0.39 is 6.04 Å². The van der Waals surface area contributed by atoms with E-state index in [1.165, 1.54) is 27.7 Å². The number of hydrogen-bond donors (Lipinski definition) is 1. The van der Waals surface area contributed by atoms with Crippen molar-refractivity contribution in [2.24, 2.45) is 0 Å². The number of anilines is 3. The van der Waals surface area contributed by atoms with Gasteiger partial charge < -0.3 is 24.6 Å². The number of benzene rings is 1. The van der Waals surface area contributed by atoms with Crippen LogP contribution >= 0.6 is 0 Å². The number of aryl methyl sites for hydroxylation is 1. The molecule has 0 saturated carbocycles. The predicted octanol–water partition coefficient (Wildman–Crippen LogP) is 2.93. The van der Waals surface area contributed by atoms with Crippen LogP contribution in [0.2, 0.25) is 0 Å². The quantitative estimate of drug-likeness (QED) is 0.399. The summed E-state index contributed by atoms with van der Waals surface area (Å²) in [4.78, 5) is 53.1. The molecule has 1 unspecified atom stereocenters. The van der Waals surface area contributed by atoms with Crippen molar-refractivity contribution in [3.05, 3.63) is 65.5 Å². The second-order valence-corrected chi connectivity index (χ2v) is 10.6. The molecule has 2 aromatic heterocycles. The Hall–Kier alpha value is -4.32. The molecule has 3 heterocycles. The van der Waals surface area contributed by atoms with Gasteiger partial charge in [-0.15, -0.1) is 0 Å². The Balaban J connectivity index is 1.39. The number of amides is 3. The second kappa shape index (κ2) is 12.9. The Morgan fingerprint density at radius 1 is 1.10 bits per heavy atom. The Labute approximate surface area is 239 Å². The predicted molar refractivity (Wildman–Crippen MR) is 156 cm³/mol. The molecule has 41 heavy (non-hydrogen) atoms. The number of carbonyl (C=O) groups excluding carboxylic acids is 3. The smallest absolute Gasteiger partial charge is 0.273 e. The summed E-state index contributed by atoms with van der Waals surface area (Å²) in [5.41, 5.74) is 2.99. The van der Waals surface area contributed by atoms with E-state index in [-0.39, 0.29) is 29.1 Å². The number of hydrogen-bond acceptors (Lipinski definition) is 7. The van der Waals surface area contributed by atoms with Crippen molar-refractivity contribution in [3.63, 3.8) is 0 Å². The molecule has 1 aromatic carbocycles. The average molecular weight is 565 g/mol. The Morgan fingerprint density at radius 3 is 2.54 bits per heavy atom. The molecule has 1 N–H and O–H groups in total. The molecule has 12 heteroatoms. The number of pyridine rings is 1. The fraction of sp³-hybridized carbons (Fsp3) is 0.414. The van der Waals surface area contributed by atoms with Gasteiger partial charge in [0, 0.05) is 53.9 Å². The molecular weight excluding hydrogens is 527 g/mol. The van der Waals surface area contributed by atoms with E-state index in [2.05, 4.69) is 25.1 Å². The first-order valence-electron chi connectivity index (χ1n) is 13.5. The highest BCUT2D eigenvalue weighted by Crippen LogP contribution is 2.24. The number of nitrogens with one attached hydrogen (secondary N) is 1. The lowest BCUT2D eigenvalue weighted by Crippen LogP contribution is -2.31. The summed E-state index contributed by atoms with van der Waals surface area (Å²) in [6.45, 7) is 7.69. The standard InChI is InChI=1S/C29H37FN8O3/c1-20-13-22(15-23(30)14-20)17-36-9-6-10-37(12-11-36)24-7-8-25(31-16-24)33-28(40)21(2)38-18-32-27(35(5)19-39)26(38)29(41)34(3)4/h7-8,13-16,18-19,21H,6,9-12,17H2,1-5H3,(H,31,33,40). The number of imidazole rings is 1. The summed E-state index contributed by atoms with van der Waals surface area (Å²) in [6, 6.07) is 8.05. The highest BCUT2D eigenvalue weighted by atomic mass is 19.1. The first-order valence-corrected chi connectivity index (χ1v) is 13.5. The van der Waals surface area contributed by atoms with Crippen LogP contribution in [0.25, 0.3) is 0 Å². The number of aromatic nitrogens is 3. The molecule has 3 amide bonds. The zero-order chi connectivity index (χ0) is 29.7. The lowest BCUT2D eigenvalue weighted by molar-refractivity contribution is -0.118. The van der Waals surface area contributed by atoms with Crippen LogP contribution in [0.5, 0.6) is 0 Å². The van der Waals surface area contributed by atoms with E-state index in [4.69, 9.17) is 0 Å². The van der Waals surface area contributed by atoms with Gasteiger partial charge in [0.05, 0.1) is 18.2 Å². The van der Waals surface area contributed by atoms with E-state index in [1.807, 2.05) is 19.1 Å². The van der Waals surface area contributed by atoms with E-state index in [9.17, 15) is 18.8 Å². The first-order chi connectivity index (χ1) is 19.6. The fourth-order valence-corrected chi connectivity index (χ4v) is 4.92. The molecule has 1 atom stereocenters. The summed E-state index contributed by atoms with van der Waals surface area (Å²) in [5, 5.41) is 2.81. The molecule has 1 aliphatic rings. The summed E-state index contributed by atoms with van der Waals surface area (Å²) >= 11 is 0. The summed E-state index contributed by atoms with van der Waals surface area (Å²) in [5.74, 6) is -0.409. The highest BCUT2D eigenvalue weighted by molar-refractivity contribution is 6.00. The van der Waals surface area contributed by atoms with Gasteiger partial charge in [0.1, 0.15) is 17.7 Å². The van der Waals surface area contributed by atoms with Crippen LogP contribution in [0.3, 0.4) is 0 Å². The lowest BCUT2D eigenvalue weighted by atomic mass is 10.1. The maximum absolute atomic E-state index is 13.8. The second-order valence-electron chi connectivity index (χ2n) is 10.6. The minimum absolute atomic E-state index is 0.137. The molecule has 0 aliphatic carbocycles.